The standard InChI is InChI=1S/C18H14ClNO3.C18H15NO3/c1-11-15(10-17(21)22)14-4-2-3-5-16(14)20(11)18(23)12-6-8-13(19)9-7-12;1-12-15(11-17(20)21)14-9-5-6-10-16(14)19(12)18(22)13-7-3-2-4-8-13/h2-9H,10H2,1H3,(H,21,22);2-10H,11H2,1H3,(H,20,21). The highest BCUT2D eigenvalue weighted by Crippen LogP contribution is 2.29. The van der Waals surface area contributed by atoms with Gasteiger partial charge >= 0.3 is 11.9 Å². The Morgan fingerprint density at radius 3 is 1.36 bits per heavy atom. The third-order valence-electron chi connectivity index (χ3n) is 7.66. The van der Waals surface area contributed by atoms with Gasteiger partial charge < -0.3 is 10.2 Å². The summed E-state index contributed by atoms with van der Waals surface area (Å²) in [4.78, 5) is 47.9. The summed E-state index contributed by atoms with van der Waals surface area (Å²) >= 11 is 5.87. The van der Waals surface area contributed by atoms with Crippen LogP contribution < -0.4 is 0 Å². The van der Waals surface area contributed by atoms with Gasteiger partial charge in [0.25, 0.3) is 11.8 Å². The minimum absolute atomic E-state index is 0.0958. The van der Waals surface area contributed by atoms with E-state index in [4.69, 9.17) is 21.8 Å². The van der Waals surface area contributed by atoms with Gasteiger partial charge in [-0.3, -0.25) is 28.3 Å². The Kier molecular flexibility index (Phi) is 8.97. The molecule has 0 bridgehead atoms. The van der Waals surface area contributed by atoms with Gasteiger partial charge in [-0.1, -0.05) is 66.2 Å². The van der Waals surface area contributed by atoms with E-state index in [2.05, 4.69) is 0 Å². The van der Waals surface area contributed by atoms with E-state index in [-0.39, 0.29) is 24.7 Å². The number of aromatic nitrogens is 2. The third kappa shape index (κ3) is 6.27. The fourth-order valence-corrected chi connectivity index (χ4v) is 5.70. The number of nitrogens with zero attached hydrogens (tertiary/aromatic N) is 2. The first kappa shape index (κ1) is 31.0. The number of carbonyl (C=O) groups is 4. The van der Waals surface area contributed by atoms with Crippen molar-refractivity contribution in [1.82, 2.24) is 9.13 Å². The Morgan fingerprint density at radius 1 is 0.556 bits per heavy atom. The number of fused-ring (bicyclic) bond motifs is 2. The van der Waals surface area contributed by atoms with Gasteiger partial charge in [-0.2, -0.15) is 0 Å². The number of carboxylic acids is 2. The monoisotopic (exact) mass is 620 g/mol. The highest BCUT2D eigenvalue weighted by Gasteiger charge is 2.22. The van der Waals surface area contributed by atoms with Crippen molar-refractivity contribution in [2.45, 2.75) is 26.7 Å². The van der Waals surface area contributed by atoms with Crippen LogP contribution in [0.15, 0.2) is 103 Å². The SMILES string of the molecule is Cc1c(CC(=O)O)c2ccccc2n1C(=O)c1ccc(Cl)cc1.Cc1c(CC(=O)O)c2ccccc2n1C(=O)c1ccccc1. The summed E-state index contributed by atoms with van der Waals surface area (Å²) in [5.74, 6) is -2.17. The lowest BCUT2D eigenvalue weighted by Crippen LogP contribution is -2.14. The molecule has 0 fully saturated rings. The molecule has 0 aliphatic rings. The summed E-state index contributed by atoms with van der Waals surface area (Å²) in [6.07, 6.45) is -0.214. The molecule has 6 rings (SSSR count). The summed E-state index contributed by atoms with van der Waals surface area (Å²) in [5.41, 5.74) is 5.20. The molecule has 9 heteroatoms. The van der Waals surface area contributed by atoms with Crippen molar-refractivity contribution >= 4 is 57.2 Å². The van der Waals surface area contributed by atoms with Crippen LogP contribution in [0.1, 0.15) is 43.2 Å². The molecule has 2 heterocycles. The molecule has 0 spiro atoms. The lowest BCUT2D eigenvalue weighted by Gasteiger charge is -2.07. The van der Waals surface area contributed by atoms with E-state index >= 15 is 0 Å². The maximum Gasteiger partial charge on any atom is 0.307 e. The molecule has 6 aromatic rings. The van der Waals surface area contributed by atoms with Crippen molar-refractivity contribution in [3.05, 3.63) is 142 Å². The first-order chi connectivity index (χ1) is 21.6. The van der Waals surface area contributed by atoms with Crippen LogP contribution in [0, 0.1) is 13.8 Å². The number of carboxylic acid groups (broad SMARTS) is 2. The number of hydrogen-bond acceptors (Lipinski definition) is 4. The van der Waals surface area contributed by atoms with Crippen LogP contribution in [0.4, 0.5) is 0 Å². The van der Waals surface area contributed by atoms with E-state index in [0.717, 1.165) is 16.3 Å². The zero-order valence-electron chi connectivity index (χ0n) is 24.5. The molecule has 0 amide bonds. The zero-order valence-corrected chi connectivity index (χ0v) is 25.3. The summed E-state index contributed by atoms with van der Waals surface area (Å²) < 4.78 is 3.17. The summed E-state index contributed by atoms with van der Waals surface area (Å²) in [6.45, 7) is 3.56. The minimum atomic E-state index is -0.921. The smallest absolute Gasteiger partial charge is 0.307 e. The molecule has 0 aliphatic carbocycles. The number of benzene rings is 4. The Balaban J connectivity index is 0.000000178. The first-order valence-corrected chi connectivity index (χ1v) is 14.5. The highest BCUT2D eigenvalue weighted by atomic mass is 35.5. The second-order valence-electron chi connectivity index (χ2n) is 10.5. The molecule has 0 unspecified atom stereocenters. The Bertz CT molecular complexity index is 2070. The zero-order chi connectivity index (χ0) is 32.2. The molecule has 45 heavy (non-hydrogen) atoms. The summed E-state index contributed by atoms with van der Waals surface area (Å²) in [7, 11) is 0. The largest absolute Gasteiger partial charge is 0.481 e. The molecule has 0 saturated heterocycles. The first-order valence-electron chi connectivity index (χ1n) is 14.1. The fourth-order valence-electron chi connectivity index (χ4n) is 5.57. The van der Waals surface area contributed by atoms with Gasteiger partial charge in [-0.25, -0.2) is 0 Å². The molecule has 8 nitrogen and oxygen atoms in total. The van der Waals surface area contributed by atoms with Crippen molar-refractivity contribution in [1.29, 1.82) is 0 Å². The van der Waals surface area contributed by atoms with Crippen molar-refractivity contribution < 1.29 is 29.4 Å². The molecule has 2 N–H and O–H groups in total. The topological polar surface area (TPSA) is 119 Å². The van der Waals surface area contributed by atoms with E-state index in [9.17, 15) is 19.2 Å². The third-order valence-corrected chi connectivity index (χ3v) is 7.91. The van der Waals surface area contributed by atoms with E-state index in [1.54, 1.807) is 59.4 Å². The van der Waals surface area contributed by atoms with E-state index in [0.29, 0.717) is 44.2 Å². The number of hydrogen-bond donors (Lipinski definition) is 2. The van der Waals surface area contributed by atoms with Crippen LogP contribution in [0.3, 0.4) is 0 Å². The van der Waals surface area contributed by atoms with Crippen LogP contribution in [0.5, 0.6) is 0 Å². The molecule has 2 aromatic heterocycles. The number of rotatable bonds is 6. The van der Waals surface area contributed by atoms with Crippen molar-refractivity contribution in [3.63, 3.8) is 0 Å². The lowest BCUT2D eigenvalue weighted by atomic mass is 10.1. The van der Waals surface area contributed by atoms with Gasteiger partial charge in [0.1, 0.15) is 0 Å². The molecule has 0 aliphatic heterocycles. The predicted octanol–water partition coefficient (Wildman–Crippen LogP) is 7.18. The molecule has 226 valence electrons. The van der Waals surface area contributed by atoms with Gasteiger partial charge in [-0.05, 0) is 73.5 Å². The molecule has 0 atom stereocenters. The summed E-state index contributed by atoms with van der Waals surface area (Å²) in [5, 5.41) is 20.4. The summed E-state index contributed by atoms with van der Waals surface area (Å²) in [6, 6.07) is 30.4. The highest BCUT2D eigenvalue weighted by molar-refractivity contribution is 6.30. The number of halogens is 1. The van der Waals surface area contributed by atoms with E-state index < -0.39 is 11.9 Å². The normalized spacial score (nSPS) is 10.8. The second kappa shape index (κ2) is 13.0. The number of aliphatic carboxylic acids is 2. The maximum absolute atomic E-state index is 12.9. The van der Waals surface area contributed by atoms with Gasteiger partial charge in [-0.15, -0.1) is 0 Å². The molecule has 0 saturated carbocycles. The molecule has 0 radical (unpaired) electrons. The van der Waals surface area contributed by atoms with Gasteiger partial charge in [0, 0.05) is 38.3 Å². The quantitative estimate of drug-likeness (QED) is 0.204. The predicted molar refractivity (Wildman–Crippen MR) is 173 cm³/mol. The molecular formula is C36H29ClN2O6. The van der Waals surface area contributed by atoms with Gasteiger partial charge in [0.2, 0.25) is 0 Å². The Labute approximate surface area is 263 Å². The van der Waals surface area contributed by atoms with E-state index in [1.165, 1.54) is 0 Å². The van der Waals surface area contributed by atoms with Gasteiger partial charge in [0.05, 0.1) is 23.9 Å². The van der Waals surface area contributed by atoms with Crippen molar-refractivity contribution in [2.24, 2.45) is 0 Å². The average molecular weight is 621 g/mol. The fraction of sp³-hybridized carbons (Fsp3) is 0.111. The van der Waals surface area contributed by atoms with Gasteiger partial charge in [0.15, 0.2) is 0 Å². The van der Waals surface area contributed by atoms with Crippen LogP contribution in [0.25, 0.3) is 21.8 Å². The van der Waals surface area contributed by atoms with Crippen molar-refractivity contribution in [2.75, 3.05) is 0 Å². The Hall–Kier alpha value is -5.47. The second-order valence-corrected chi connectivity index (χ2v) is 10.9. The van der Waals surface area contributed by atoms with E-state index in [1.807, 2.05) is 66.7 Å². The van der Waals surface area contributed by atoms with Crippen molar-refractivity contribution in [3.8, 4) is 0 Å². The van der Waals surface area contributed by atoms with Crippen LogP contribution in [-0.4, -0.2) is 43.1 Å². The van der Waals surface area contributed by atoms with Crippen LogP contribution in [-0.2, 0) is 22.4 Å². The lowest BCUT2D eigenvalue weighted by molar-refractivity contribution is -0.137. The van der Waals surface area contributed by atoms with Crippen LogP contribution >= 0.6 is 11.6 Å². The average Bonchev–Trinajstić information content (AvgIpc) is 3.46. The number of carbonyl (C=O) groups excluding carboxylic acids is 2. The molecule has 4 aromatic carbocycles. The minimum Gasteiger partial charge on any atom is -0.481 e. The Morgan fingerprint density at radius 2 is 0.933 bits per heavy atom. The molecular weight excluding hydrogens is 592 g/mol. The maximum atomic E-state index is 12.9. The number of para-hydroxylation sites is 2. The van der Waals surface area contributed by atoms with Crippen LogP contribution in [0.2, 0.25) is 5.02 Å².